The molecule has 0 N–H and O–H groups in total. The van der Waals surface area contributed by atoms with Gasteiger partial charge in [0.2, 0.25) is 5.82 Å². The Kier molecular flexibility index (Phi) is 4.66. The van der Waals surface area contributed by atoms with Crippen LogP contribution in [0.1, 0.15) is 16.2 Å². The van der Waals surface area contributed by atoms with Crippen molar-refractivity contribution < 1.29 is 22.8 Å². The van der Waals surface area contributed by atoms with Crippen LogP contribution in [0, 0.1) is 11.6 Å². The molecule has 1 heterocycles. The lowest BCUT2D eigenvalue weighted by atomic mass is 10.2. The van der Waals surface area contributed by atoms with E-state index in [2.05, 4.69) is 26.1 Å². The van der Waals surface area contributed by atoms with Crippen molar-refractivity contribution in [1.29, 1.82) is 0 Å². The van der Waals surface area contributed by atoms with Gasteiger partial charge in [0.25, 0.3) is 5.89 Å². The number of ether oxygens (including phenoxy) is 1. The molecule has 0 aliphatic carbocycles. The monoisotopic (exact) mass is 394 g/mol. The molecule has 0 aliphatic rings. The van der Waals surface area contributed by atoms with E-state index in [0.717, 1.165) is 28.2 Å². The van der Waals surface area contributed by atoms with Crippen molar-refractivity contribution in [2.75, 3.05) is 0 Å². The van der Waals surface area contributed by atoms with Crippen molar-refractivity contribution in [3.8, 4) is 11.4 Å². The Morgan fingerprint density at radius 3 is 2.58 bits per heavy atom. The van der Waals surface area contributed by atoms with Crippen molar-refractivity contribution in [2.45, 2.75) is 6.61 Å². The summed E-state index contributed by atoms with van der Waals surface area (Å²) < 4.78 is 36.8. The molecule has 0 saturated heterocycles. The molecule has 1 aromatic heterocycles. The normalized spacial score (nSPS) is 10.6. The number of nitrogens with zero attached hydrogens (tertiary/aromatic N) is 2. The maximum Gasteiger partial charge on any atom is 0.338 e. The minimum absolute atomic E-state index is 0.0869. The van der Waals surface area contributed by atoms with Crippen LogP contribution < -0.4 is 0 Å². The van der Waals surface area contributed by atoms with Crippen molar-refractivity contribution in [3.05, 3.63) is 70.0 Å². The molecule has 0 radical (unpaired) electrons. The summed E-state index contributed by atoms with van der Waals surface area (Å²) in [6.07, 6.45) is 0. The molecule has 5 nitrogen and oxygen atoms in total. The lowest BCUT2D eigenvalue weighted by Gasteiger charge is -2.02. The number of carbonyl (C=O) groups is 1. The Balaban J connectivity index is 1.65. The van der Waals surface area contributed by atoms with Gasteiger partial charge in [-0.3, -0.25) is 0 Å². The number of hydrogen-bond donors (Lipinski definition) is 0. The van der Waals surface area contributed by atoms with Crippen LogP contribution >= 0.6 is 15.9 Å². The Morgan fingerprint density at radius 2 is 1.88 bits per heavy atom. The van der Waals surface area contributed by atoms with Gasteiger partial charge in [-0.15, -0.1) is 0 Å². The topological polar surface area (TPSA) is 65.2 Å². The Bertz CT molecular complexity index is 881. The summed E-state index contributed by atoms with van der Waals surface area (Å²) in [7, 11) is 0. The standard InChI is InChI=1S/C16H9BrF2N2O3/c17-11-4-1-9(2-5-11)15-20-14(24-21-15)8-23-16(22)10-3-6-12(18)13(19)7-10/h1-7H,8H2. The van der Waals surface area contributed by atoms with E-state index in [4.69, 9.17) is 9.26 Å². The molecule has 0 atom stereocenters. The van der Waals surface area contributed by atoms with Crippen molar-refractivity contribution in [1.82, 2.24) is 10.1 Å². The fourth-order valence-electron chi connectivity index (χ4n) is 1.86. The van der Waals surface area contributed by atoms with E-state index in [1.54, 1.807) is 12.1 Å². The van der Waals surface area contributed by atoms with Gasteiger partial charge in [-0.25, -0.2) is 13.6 Å². The summed E-state index contributed by atoms with van der Waals surface area (Å²) in [6, 6.07) is 9.99. The molecule has 24 heavy (non-hydrogen) atoms. The number of halogens is 3. The molecule has 0 fully saturated rings. The second-order valence-corrected chi connectivity index (χ2v) is 5.64. The Hall–Kier alpha value is -2.61. The van der Waals surface area contributed by atoms with Crippen LogP contribution in [-0.2, 0) is 11.3 Å². The highest BCUT2D eigenvalue weighted by molar-refractivity contribution is 9.10. The molecular weight excluding hydrogens is 386 g/mol. The van der Waals surface area contributed by atoms with Crippen LogP contribution in [0.4, 0.5) is 8.78 Å². The minimum atomic E-state index is -1.13. The maximum absolute atomic E-state index is 13.1. The molecule has 0 aliphatic heterocycles. The van der Waals surface area contributed by atoms with E-state index in [-0.39, 0.29) is 18.1 Å². The van der Waals surface area contributed by atoms with Gasteiger partial charge < -0.3 is 9.26 Å². The molecular formula is C16H9BrF2N2O3. The molecule has 8 heteroatoms. The summed E-state index contributed by atoms with van der Waals surface area (Å²) in [5.74, 6) is -2.55. The quantitative estimate of drug-likeness (QED) is 0.622. The molecule has 0 saturated carbocycles. The van der Waals surface area contributed by atoms with Gasteiger partial charge >= 0.3 is 5.97 Å². The first-order valence-electron chi connectivity index (χ1n) is 6.73. The zero-order valence-corrected chi connectivity index (χ0v) is 13.6. The lowest BCUT2D eigenvalue weighted by molar-refractivity contribution is 0.0429. The average molecular weight is 395 g/mol. The number of hydrogen-bond acceptors (Lipinski definition) is 5. The highest BCUT2D eigenvalue weighted by Gasteiger charge is 2.14. The van der Waals surface area contributed by atoms with Gasteiger partial charge in [0, 0.05) is 10.0 Å². The molecule has 2 aromatic carbocycles. The molecule has 3 aromatic rings. The highest BCUT2D eigenvalue weighted by atomic mass is 79.9. The van der Waals surface area contributed by atoms with Crippen LogP contribution in [0.25, 0.3) is 11.4 Å². The SMILES string of the molecule is O=C(OCc1nc(-c2ccc(Br)cc2)no1)c1ccc(F)c(F)c1. The lowest BCUT2D eigenvalue weighted by Crippen LogP contribution is -2.06. The summed E-state index contributed by atoms with van der Waals surface area (Å²) >= 11 is 3.32. The zero-order valence-electron chi connectivity index (χ0n) is 12.0. The van der Waals surface area contributed by atoms with Crippen LogP contribution in [0.5, 0.6) is 0 Å². The van der Waals surface area contributed by atoms with Crippen LogP contribution in [-0.4, -0.2) is 16.1 Å². The number of carbonyl (C=O) groups excluding carboxylic acids is 1. The highest BCUT2D eigenvalue weighted by Crippen LogP contribution is 2.19. The maximum atomic E-state index is 13.1. The first-order valence-corrected chi connectivity index (χ1v) is 7.53. The largest absolute Gasteiger partial charge is 0.452 e. The van der Waals surface area contributed by atoms with Crippen LogP contribution in [0.15, 0.2) is 51.5 Å². The molecule has 0 unspecified atom stereocenters. The first-order chi connectivity index (χ1) is 11.5. The third kappa shape index (κ3) is 3.65. The van der Waals surface area contributed by atoms with Crippen molar-refractivity contribution in [2.24, 2.45) is 0 Å². The number of rotatable bonds is 4. The molecule has 3 rings (SSSR count). The Labute approximate surface area is 143 Å². The van der Waals surface area contributed by atoms with E-state index in [0.29, 0.717) is 5.82 Å². The summed E-state index contributed by atoms with van der Waals surface area (Å²) in [4.78, 5) is 15.9. The number of esters is 1. The number of benzene rings is 2. The van der Waals surface area contributed by atoms with E-state index in [1.165, 1.54) is 0 Å². The Morgan fingerprint density at radius 1 is 1.12 bits per heavy atom. The van der Waals surface area contributed by atoms with Gasteiger partial charge in [0.1, 0.15) is 0 Å². The van der Waals surface area contributed by atoms with E-state index in [1.807, 2.05) is 12.1 Å². The van der Waals surface area contributed by atoms with Crippen molar-refractivity contribution >= 4 is 21.9 Å². The average Bonchev–Trinajstić information content (AvgIpc) is 3.05. The zero-order chi connectivity index (χ0) is 17.1. The predicted octanol–water partition coefficient (Wildman–Crippen LogP) is 4.13. The van der Waals surface area contributed by atoms with Gasteiger partial charge in [0.15, 0.2) is 18.2 Å². The van der Waals surface area contributed by atoms with Gasteiger partial charge in [-0.05, 0) is 42.5 Å². The van der Waals surface area contributed by atoms with Crippen LogP contribution in [0.2, 0.25) is 0 Å². The fraction of sp³-hybridized carbons (Fsp3) is 0.0625. The third-order valence-electron chi connectivity index (χ3n) is 3.05. The summed E-state index contributed by atoms with van der Waals surface area (Å²) in [6.45, 7) is -0.276. The van der Waals surface area contributed by atoms with Gasteiger partial charge in [0.05, 0.1) is 5.56 Å². The van der Waals surface area contributed by atoms with E-state index in [9.17, 15) is 13.6 Å². The predicted molar refractivity (Wildman–Crippen MR) is 82.9 cm³/mol. The second kappa shape index (κ2) is 6.88. The molecule has 0 spiro atoms. The first kappa shape index (κ1) is 16.3. The summed E-state index contributed by atoms with van der Waals surface area (Å²) in [5, 5.41) is 3.79. The van der Waals surface area contributed by atoms with Crippen molar-refractivity contribution in [3.63, 3.8) is 0 Å². The molecule has 122 valence electrons. The van der Waals surface area contributed by atoms with E-state index >= 15 is 0 Å². The third-order valence-corrected chi connectivity index (χ3v) is 3.58. The smallest absolute Gasteiger partial charge is 0.338 e. The second-order valence-electron chi connectivity index (χ2n) is 4.72. The molecule has 0 amide bonds. The molecule has 0 bridgehead atoms. The fourth-order valence-corrected chi connectivity index (χ4v) is 2.13. The summed E-state index contributed by atoms with van der Waals surface area (Å²) in [5.41, 5.74) is 0.627. The van der Waals surface area contributed by atoms with Crippen LogP contribution in [0.3, 0.4) is 0 Å². The van der Waals surface area contributed by atoms with Gasteiger partial charge in [-0.2, -0.15) is 4.98 Å². The minimum Gasteiger partial charge on any atom is -0.452 e. The number of aromatic nitrogens is 2. The van der Waals surface area contributed by atoms with Gasteiger partial charge in [-0.1, -0.05) is 21.1 Å². The van der Waals surface area contributed by atoms with E-state index < -0.39 is 17.6 Å².